The number of aromatic amines is 1. The van der Waals surface area contributed by atoms with Crippen LogP contribution < -0.4 is 4.72 Å². The van der Waals surface area contributed by atoms with Crippen molar-refractivity contribution in [1.29, 1.82) is 0 Å². The van der Waals surface area contributed by atoms with Crippen LogP contribution in [0.1, 0.15) is 36.4 Å². The zero-order valence-corrected chi connectivity index (χ0v) is 18.7. The van der Waals surface area contributed by atoms with Gasteiger partial charge in [-0.05, 0) is 55.2 Å². The highest BCUT2D eigenvalue weighted by atomic mass is 32.2. The smallest absolute Gasteiger partial charge is 0.303 e. The maximum Gasteiger partial charge on any atom is 0.303 e. The lowest BCUT2D eigenvalue weighted by Crippen LogP contribution is -2.40. The molecule has 2 aromatic carbocycles. The molecule has 0 fully saturated rings. The van der Waals surface area contributed by atoms with Crippen LogP contribution in [0, 0.1) is 5.82 Å². The second-order valence-corrected chi connectivity index (χ2v) is 9.57. The minimum atomic E-state index is -3.81. The number of carbonyl (C=O) groups is 1. The molecule has 0 spiro atoms. The highest BCUT2D eigenvalue weighted by Crippen LogP contribution is 2.38. The monoisotopic (exact) mass is 478 g/mol. The van der Waals surface area contributed by atoms with E-state index in [0.717, 1.165) is 34.3 Å². The highest BCUT2D eigenvalue weighted by Gasteiger charge is 2.32. The van der Waals surface area contributed by atoms with Gasteiger partial charge < -0.3 is 20.3 Å². The molecule has 0 saturated carbocycles. The third kappa shape index (κ3) is 6.17. The molecular weight excluding hydrogens is 451 g/mol. The number of carboxylic acids is 1. The third-order valence-electron chi connectivity index (χ3n) is 5.53. The highest BCUT2D eigenvalue weighted by molar-refractivity contribution is 7.89. The van der Waals surface area contributed by atoms with E-state index in [4.69, 9.17) is 15.3 Å². The fourth-order valence-electron chi connectivity index (χ4n) is 4.13. The van der Waals surface area contributed by atoms with E-state index in [1.54, 1.807) is 0 Å². The minimum Gasteiger partial charge on any atom is -0.481 e. The Hall–Kier alpha value is -2.79. The summed E-state index contributed by atoms with van der Waals surface area (Å²) < 4.78 is 41.4. The number of H-pyrrole nitrogens is 1. The SMILES string of the molecule is O=C(O)CCC1CC(NS(=O)(=O)c2ccc(F)cc2)Cc2c1[nH]c1ccccc21.OCCO. The van der Waals surface area contributed by atoms with Crippen LogP contribution in [-0.4, -0.2) is 53.9 Å². The van der Waals surface area contributed by atoms with Crippen LogP contribution in [0.5, 0.6) is 0 Å². The molecule has 178 valence electrons. The standard InChI is InChI=1S/C21H21FN2O4S.C2H6O2/c22-14-6-8-16(9-7-14)29(27,28)24-15-11-13(5-10-20(25)26)21-18(12-15)17-3-1-2-4-19(17)23-21;3-1-2-4/h1-4,6-9,13,15,23-24H,5,10-12H2,(H,25,26);3-4H,1-2H2. The number of halogens is 1. The van der Waals surface area contributed by atoms with Crippen LogP contribution >= 0.6 is 0 Å². The molecule has 10 heteroatoms. The zero-order chi connectivity index (χ0) is 24.0. The van der Waals surface area contributed by atoms with E-state index in [9.17, 15) is 17.6 Å². The van der Waals surface area contributed by atoms with Gasteiger partial charge in [0.25, 0.3) is 0 Å². The Bertz CT molecular complexity index is 1190. The molecule has 1 aromatic heterocycles. The van der Waals surface area contributed by atoms with Crippen molar-refractivity contribution in [3.63, 3.8) is 0 Å². The fourth-order valence-corrected chi connectivity index (χ4v) is 5.38. The van der Waals surface area contributed by atoms with Gasteiger partial charge in [0, 0.05) is 35.0 Å². The van der Waals surface area contributed by atoms with E-state index in [2.05, 4.69) is 9.71 Å². The summed E-state index contributed by atoms with van der Waals surface area (Å²) in [6.07, 6.45) is 1.43. The second-order valence-electron chi connectivity index (χ2n) is 7.85. The molecule has 33 heavy (non-hydrogen) atoms. The Morgan fingerprint density at radius 3 is 2.39 bits per heavy atom. The largest absolute Gasteiger partial charge is 0.481 e. The topological polar surface area (TPSA) is 140 Å². The van der Waals surface area contributed by atoms with Gasteiger partial charge >= 0.3 is 5.97 Å². The Balaban J connectivity index is 0.000000709. The summed E-state index contributed by atoms with van der Waals surface area (Å²) in [6, 6.07) is 12.1. The van der Waals surface area contributed by atoms with Crippen LogP contribution in [-0.2, 0) is 21.2 Å². The number of aromatic nitrogens is 1. The first kappa shape index (κ1) is 24.8. The molecule has 2 unspecified atom stereocenters. The van der Waals surface area contributed by atoms with E-state index in [1.165, 1.54) is 12.1 Å². The average Bonchev–Trinajstić information content (AvgIpc) is 3.16. The molecular formula is C23H27FN2O6S. The number of fused-ring (bicyclic) bond motifs is 3. The number of benzene rings is 2. The van der Waals surface area contributed by atoms with Gasteiger partial charge in [0.15, 0.2) is 0 Å². The van der Waals surface area contributed by atoms with Crippen LogP contribution in [0.25, 0.3) is 10.9 Å². The van der Waals surface area contributed by atoms with Crippen molar-refractivity contribution in [3.8, 4) is 0 Å². The van der Waals surface area contributed by atoms with Gasteiger partial charge in [-0.2, -0.15) is 0 Å². The number of hydrogen-bond donors (Lipinski definition) is 5. The number of rotatable bonds is 7. The maximum absolute atomic E-state index is 13.1. The molecule has 4 rings (SSSR count). The van der Waals surface area contributed by atoms with Gasteiger partial charge in [0.05, 0.1) is 18.1 Å². The Labute approximate surface area is 191 Å². The van der Waals surface area contributed by atoms with Crippen LogP contribution in [0.4, 0.5) is 4.39 Å². The summed E-state index contributed by atoms with van der Waals surface area (Å²) in [6.45, 7) is -0.250. The normalized spacial score (nSPS) is 17.8. The lowest BCUT2D eigenvalue weighted by atomic mass is 9.81. The van der Waals surface area contributed by atoms with E-state index < -0.39 is 21.8 Å². The summed E-state index contributed by atoms with van der Waals surface area (Å²) in [5.41, 5.74) is 2.97. The molecule has 0 aliphatic heterocycles. The van der Waals surface area contributed by atoms with E-state index in [0.29, 0.717) is 19.3 Å². The van der Waals surface area contributed by atoms with Crippen molar-refractivity contribution in [2.75, 3.05) is 13.2 Å². The molecule has 2 atom stereocenters. The molecule has 8 nitrogen and oxygen atoms in total. The van der Waals surface area contributed by atoms with Gasteiger partial charge in [-0.25, -0.2) is 17.5 Å². The summed E-state index contributed by atoms with van der Waals surface area (Å²) >= 11 is 0. The van der Waals surface area contributed by atoms with Crippen molar-refractivity contribution in [1.82, 2.24) is 9.71 Å². The summed E-state index contributed by atoms with van der Waals surface area (Å²) in [4.78, 5) is 14.5. The van der Waals surface area contributed by atoms with Gasteiger partial charge in [-0.1, -0.05) is 18.2 Å². The molecule has 1 aliphatic carbocycles. The van der Waals surface area contributed by atoms with E-state index in [-0.39, 0.29) is 36.5 Å². The maximum atomic E-state index is 13.1. The summed E-state index contributed by atoms with van der Waals surface area (Å²) in [5, 5.41) is 25.4. The first-order chi connectivity index (χ1) is 15.7. The number of sulfonamides is 1. The number of hydrogen-bond acceptors (Lipinski definition) is 5. The van der Waals surface area contributed by atoms with E-state index >= 15 is 0 Å². The van der Waals surface area contributed by atoms with Crippen molar-refractivity contribution in [2.45, 2.75) is 42.5 Å². The lowest BCUT2D eigenvalue weighted by molar-refractivity contribution is -0.137. The van der Waals surface area contributed by atoms with Crippen LogP contribution in [0.15, 0.2) is 53.4 Å². The number of carboxylic acid groups (broad SMARTS) is 1. The zero-order valence-electron chi connectivity index (χ0n) is 17.9. The predicted octanol–water partition coefficient (Wildman–Crippen LogP) is 2.52. The first-order valence-corrected chi connectivity index (χ1v) is 12.0. The molecule has 1 heterocycles. The number of nitrogens with one attached hydrogen (secondary N) is 2. The van der Waals surface area contributed by atoms with Crippen molar-refractivity contribution in [3.05, 3.63) is 65.6 Å². The average molecular weight is 479 g/mol. The third-order valence-corrected chi connectivity index (χ3v) is 7.06. The van der Waals surface area contributed by atoms with Crippen molar-refractivity contribution in [2.24, 2.45) is 0 Å². The second kappa shape index (κ2) is 10.9. The quantitative estimate of drug-likeness (QED) is 0.354. The first-order valence-electron chi connectivity index (χ1n) is 10.6. The summed E-state index contributed by atoms with van der Waals surface area (Å²) in [7, 11) is -3.81. The Morgan fingerprint density at radius 2 is 1.76 bits per heavy atom. The Morgan fingerprint density at radius 1 is 1.09 bits per heavy atom. The van der Waals surface area contributed by atoms with E-state index in [1.807, 2.05) is 24.3 Å². The molecule has 5 N–H and O–H groups in total. The van der Waals surface area contributed by atoms with Crippen molar-refractivity contribution < 1.29 is 32.9 Å². The van der Waals surface area contributed by atoms with Crippen LogP contribution in [0.3, 0.4) is 0 Å². The van der Waals surface area contributed by atoms with Crippen molar-refractivity contribution >= 4 is 26.9 Å². The molecule has 3 aromatic rings. The van der Waals surface area contributed by atoms with Gasteiger partial charge in [0.1, 0.15) is 5.82 Å². The fraction of sp³-hybridized carbons (Fsp3) is 0.348. The lowest BCUT2D eigenvalue weighted by Gasteiger charge is -2.30. The van der Waals surface area contributed by atoms with Gasteiger partial charge in [0.2, 0.25) is 10.0 Å². The molecule has 0 saturated heterocycles. The number of aliphatic carboxylic acids is 1. The number of aliphatic hydroxyl groups excluding tert-OH is 2. The number of aliphatic hydroxyl groups is 2. The molecule has 0 radical (unpaired) electrons. The predicted molar refractivity (Wildman–Crippen MR) is 121 cm³/mol. The van der Waals surface area contributed by atoms with Gasteiger partial charge in [-0.15, -0.1) is 0 Å². The minimum absolute atomic E-state index is 0.00529. The number of para-hydroxylation sites is 1. The molecule has 0 bridgehead atoms. The van der Waals surface area contributed by atoms with Crippen LogP contribution in [0.2, 0.25) is 0 Å². The molecule has 1 aliphatic rings. The van der Waals surface area contributed by atoms with Gasteiger partial charge in [-0.3, -0.25) is 4.79 Å². The molecule has 0 amide bonds. The summed E-state index contributed by atoms with van der Waals surface area (Å²) in [5.74, 6) is -1.47. The Kier molecular flexibility index (Phi) is 8.20.